The maximum Gasteiger partial charge on any atom is 0.397 e. The van der Waals surface area contributed by atoms with Crippen molar-refractivity contribution in [1.82, 2.24) is 0 Å². The number of benzene rings is 4. The molecule has 4 aromatic carbocycles. The fraction of sp³-hybridized carbons (Fsp3) is 0.100. The van der Waals surface area contributed by atoms with Crippen LogP contribution < -0.4 is 11.5 Å². The predicted molar refractivity (Wildman–Crippen MR) is 186 cm³/mol. The van der Waals surface area contributed by atoms with E-state index in [-0.39, 0.29) is 32.5 Å². The fourth-order valence-corrected chi connectivity index (χ4v) is 6.42. The Hall–Kier alpha value is -5.74. The Balaban J connectivity index is 1.84. The third-order valence-electron chi connectivity index (χ3n) is 6.65. The third-order valence-corrected chi connectivity index (χ3v) is 10.2. The minimum atomic E-state index is -4.86. The van der Waals surface area contributed by atoms with Crippen LogP contribution in [0.4, 0.5) is 45.5 Å². The van der Waals surface area contributed by atoms with Gasteiger partial charge in [-0.2, -0.15) is 23.8 Å². The van der Waals surface area contributed by atoms with E-state index >= 15 is 0 Å². The minimum absolute atomic E-state index is 0.0476. The van der Waals surface area contributed by atoms with Gasteiger partial charge in [0.25, 0.3) is 0 Å². The number of hydrogen-bond donors (Lipinski definition) is 4. The monoisotopic (exact) mass is 756 g/mol. The summed E-state index contributed by atoms with van der Waals surface area (Å²) in [7, 11) is -12.7. The molecule has 0 atom stereocenters. The summed E-state index contributed by atoms with van der Waals surface area (Å²) in [6.07, 6.45) is 0. The number of azo groups is 3. The molecule has 0 amide bonds. The number of carboxylic acids is 1. The van der Waals surface area contributed by atoms with E-state index in [9.17, 15) is 35.2 Å². The van der Waals surface area contributed by atoms with Gasteiger partial charge in [-0.25, -0.2) is 25.8 Å². The highest BCUT2D eigenvalue weighted by molar-refractivity contribution is 7.94. The molecular weight excluding hydrogens is 729 g/mol. The number of rotatable bonds is 14. The van der Waals surface area contributed by atoms with Crippen LogP contribution in [0.2, 0.25) is 0 Å². The second kappa shape index (κ2) is 15.4. The summed E-state index contributed by atoms with van der Waals surface area (Å²) in [4.78, 5) is 12.2. The van der Waals surface area contributed by atoms with Crippen molar-refractivity contribution in [1.29, 1.82) is 0 Å². The lowest BCUT2D eigenvalue weighted by molar-refractivity contribution is 0.0698. The molecule has 4 rings (SSSR count). The maximum absolute atomic E-state index is 12.7. The lowest BCUT2D eigenvalue weighted by atomic mass is 10.1. The van der Waals surface area contributed by atoms with Gasteiger partial charge < -0.3 is 16.6 Å². The first-order valence-corrected chi connectivity index (χ1v) is 18.7. The molecule has 18 nitrogen and oxygen atoms in total. The highest BCUT2D eigenvalue weighted by Gasteiger charge is 2.27. The van der Waals surface area contributed by atoms with Crippen molar-refractivity contribution in [2.45, 2.75) is 16.7 Å². The zero-order chi connectivity index (χ0) is 37.6. The lowest BCUT2D eigenvalue weighted by Crippen LogP contribution is -2.15. The quantitative estimate of drug-likeness (QED) is 0.0600. The average molecular weight is 757 g/mol. The van der Waals surface area contributed by atoms with E-state index in [0.29, 0.717) is 5.69 Å². The number of aromatic carboxylic acids is 1. The molecule has 266 valence electrons. The zero-order valence-electron chi connectivity index (χ0n) is 26.4. The van der Waals surface area contributed by atoms with E-state index < -0.39 is 71.0 Å². The number of hydrogen-bond acceptors (Lipinski definition) is 16. The van der Waals surface area contributed by atoms with Gasteiger partial charge in [0.05, 0.1) is 50.6 Å². The van der Waals surface area contributed by atoms with Crippen molar-refractivity contribution in [2.75, 3.05) is 23.8 Å². The number of aryl methyl sites for hydroxylation is 1. The van der Waals surface area contributed by atoms with Gasteiger partial charge in [-0.05, 0) is 67.1 Å². The van der Waals surface area contributed by atoms with Gasteiger partial charge in [-0.15, -0.1) is 15.3 Å². The van der Waals surface area contributed by atoms with Crippen molar-refractivity contribution in [3.05, 3.63) is 95.9 Å². The SMILES string of the molecule is C=CS(=O)(=O)c1ccc(N=Nc2c(N)c(/N=N\c3cccc(S(=O)(=O)CCOS(=O)(=O)O)c3)c(N)c(N=Nc3cccc(C)c3)c2C(=O)O)cc1. The molecule has 6 N–H and O–H groups in total. The topological polar surface area (TPSA) is 295 Å². The normalized spacial score (nSPS) is 12.6. The Labute approximate surface area is 291 Å². The van der Waals surface area contributed by atoms with Gasteiger partial charge in [0.1, 0.15) is 22.6 Å². The van der Waals surface area contributed by atoms with Crippen LogP contribution in [0.1, 0.15) is 15.9 Å². The summed E-state index contributed by atoms with van der Waals surface area (Å²) in [5, 5.41) is 35.3. The summed E-state index contributed by atoms with van der Waals surface area (Å²) >= 11 is 0. The molecule has 0 saturated heterocycles. The van der Waals surface area contributed by atoms with Crippen LogP contribution in [-0.2, 0) is 34.3 Å². The Morgan fingerprint density at radius 1 is 0.745 bits per heavy atom. The summed E-state index contributed by atoms with van der Waals surface area (Å²) in [5.74, 6) is -2.37. The van der Waals surface area contributed by atoms with Crippen LogP contribution in [-0.4, -0.2) is 53.2 Å². The summed E-state index contributed by atoms with van der Waals surface area (Å²) in [6.45, 7) is 4.23. The van der Waals surface area contributed by atoms with E-state index in [1.165, 1.54) is 42.5 Å². The van der Waals surface area contributed by atoms with Crippen LogP contribution >= 0.6 is 0 Å². The van der Waals surface area contributed by atoms with Gasteiger partial charge in [-0.3, -0.25) is 4.55 Å². The van der Waals surface area contributed by atoms with Crippen molar-refractivity contribution in [3.8, 4) is 0 Å². The standard InChI is InChI=1S/C30H28N8O10S3/c1-3-49(41,42)22-12-10-19(11-13-22)33-36-27-24(30(39)40)28(37-34-20-7-4-6-18(2)16-20)26(32)29(25(27)31)38-35-21-8-5-9-23(17-21)50(43,44)15-14-48-51(45,46)47/h3-13,16-17H,1,14-15,31-32H2,2H3,(H,39,40)(H,45,46,47)/b36-33?,37-34?,38-35-. The molecule has 0 heterocycles. The van der Waals surface area contributed by atoms with E-state index in [1.807, 2.05) is 13.0 Å². The van der Waals surface area contributed by atoms with Gasteiger partial charge >= 0.3 is 16.4 Å². The molecule has 0 saturated carbocycles. The largest absolute Gasteiger partial charge is 0.478 e. The lowest BCUT2D eigenvalue weighted by Gasteiger charge is -2.13. The molecule has 0 aromatic heterocycles. The second-order valence-corrected chi connectivity index (χ2v) is 15.4. The number of nitrogen functional groups attached to an aromatic ring is 2. The highest BCUT2D eigenvalue weighted by atomic mass is 32.3. The first-order chi connectivity index (χ1) is 23.9. The summed E-state index contributed by atoms with van der Waals surface area (Å²) in [5.41, 5.74) is 11.3. The number of carbonyl (C=O) groups is 1. The van der Waals surface area contributed by atoms with E-state index in [0.717, 1.165) is 17.0 Å². The molecule has 0 unspecified atom stereocenters. The summed E-state index contributed by atoms with van der Waals surface area (Å²) < 4.78 is 84.0. The second-order valence-electron chi connectivity index (χ2n) is 10.3. The van der Waals surface area contributed by atoms with Crippen molar-refractivity contribution in [3.63, 3.8) is 0 Å². The fourth-order valence-electron chi connectivity index (χ4n) is 4.19. The van der Waals surface area contributed by atoms with Gasteiger partial charge in [0, 0.05) is 5.41 Å². The number of nitrogens with two attached hydrogens (primary N) is 2. The van der Waals surface area contributed by atoms with Crippen molar-refractivity contribution < 1.29 is 43.9 Å². The number of sulfone groups is 2. The van der Waals surface area contributed by atoms with Gasteiger partial charge in [0.2, 0.25) is 0 Å². The minimum Gasteiger partial charge on any atom is -0.478 e. The Kier molecular flexibility index (Phi) is 11.5. The number of carboxylic acid groups (broad SMARTS) is 1. The molecule has 51 heavy (non-hydrogen) atoms. The van der Waals surface area contributed by atoms with Crippen molar-refractivity contribution >= 4 is 81.5 Å². The Morgan fingerprint density at radius 2 is 1.27 bits per heavy atom. The summed E-state index contributed by atoms with van der Waals surface area (Å²) in [6, 6.07) is 16.9. The predicted octanol–water partition coefficient (Wildman–Crippen LogP) is 6.61. The molecule has 21 heteroatoms. The molecule has 0 spiro atoms. The van der Waals surface area contributed by atoms with Crippen LogP contribution in [0.25, 0.3) is 0 Å². The van der Waals surface area contributed by atoms with E-state index in [2.05, 4.69) is 41.4 Å². The van der Waals surface area contributed by atoms with Gasteiger partial charge in [-0.1, -0.05) is 24.8 Å². The van der Waals surface area contributed by atoms with Gasteiger partial charge in [0.15, 0.2) is 19.7 Å². The third kappa shape index (κ3) is 9.70. The van der Waals surface area contributed by atoms with Crippen LogP contribution in [0.3, 0.4) is 0 Å². The average Bonchev–Trinajstić information content (AvgIpc) is 3.06. The van der Waals surface area contributed by atoms with Crippen molar-refractivity contribution in [2.24, 2.45) is 30.7 Å². The Bertz CT molecular complexity index is 2430. The maximum atomic E-state index is 12.7. The molecule has 4 aromatic rings. The first-order valence-electron chi connectivity index (χ1n) is 14.1. The van der Waals surface area contributed by atoms with Crippen LogP contribution in [0.5, 0.6) is 0 Å². The van der Waals surface area contributed by atoms with Crippen LogP contribution in [0.15, 0.2) is 125 Å². The van der Waals surface area contributed by atoms with Crippen LogP contribution in [0, 0.1) is 6.92 Å². The molecule has 0 radical (unpaired) electrons. The smallest absolute Gasteiger partial charge is 0.397 e. The molecule has 0 aliphatic rings. The number of anilines is 2. The molecule has 0 bridgehead atoms. The molecule has 0 aliphatic carbocycles. The zero-order valence-corrected chi connectivity index (χ0v) is 28.8. The van der Waals surface area contributed by atoms with E-state index in [1.54, 1.807) is 18.2 Å². The Morgan fingerprint density at radius 3 is 1.80 bits per heavy atom. The number of nitrogens with zero attached hydrogens (tertiary/aromatic N) is 6. The first kappa shape index (κ1) is 38.1. The highest BCUT2D eigenvalue weighted by Crippen LogP contribution is 2.49. The molecule has 0 aliphatic heterocycles. The molecular formula is C30H28N8O10S3. The molecule has 0 fully saturated rings. The van der Waals surface area contributed by atoms with E-state index in [4.69, 9.17) is 16.0 Å².